The van der Waals surface area contributed by atoms with Crippen molar-refractivity contribution in [2.45, 2.75) is 30.9 Å². The standard InChI is InChI=1S/C10H19NO4/c1-13-7-10(5-3-4-6-15-10)8(11)9(12)14-2/h8H,3-7,11H2,1-2H3. The van der Waals surface area contributed by atoms with Gasteiger partial charge in [-0.25, -0.2) is 0 Å². The highest BCUT2D eigenvalue weighted by atomic mass is 16.6. The van der Waals surface area contributed by atoms with Crippen LogP contribution in [0.5, 0.6) is 0 Å². The molecular formula is C10H19NO4. The molecule has 2 atom stereocenters. The molecule has 2 unspecified atom stereocenters. The quantitative estimate of drug-likeness (QED) is 0.675. The van der Waals surface area contributed by atoms with Crippen LogP contribution in [0.1, 0.15) is 19.3 Å². The Labute approximate surface area is 89.9 Å². The summed E-state index contributed by atoms with van der Waals surface area (Å²) < 4.78 is 15.4. The minimum Gasteiger partial charge on any atom is -0.468 e. The molecule has 0 bridgehead atoms. The van der Waals surface area contributed by atoms with Crippen LogP contribution in [0.3, 0.4) is 0 Å². The van der Waals surface area contributed by atoms with Gasteiger partial charge in [0, 0.05) is 13.7 Å². The zero-order valence-corrected chi connectivity index (χ0v) is 9.32. The van der Waals surface area contributed by atoms with Gasteiger partial charge in [0.25, 0.3) is 0 Å². The second-order valence-corrected chi connectivity index (χ2v) is 3.80. The van der Waals surface area contributed by atoms with Crippen molar-refractivity contribution in [3.05, 3.63) is 0 Å². The topological polar surface area (TPSA) is 70.8 Å². The van der Waals surface area contributed by atoms with E-state index in [1.165, 1.54) is 7.11 Å². The smallest absolute Gasteiger partial charge is 0.325 e. The van der Waals surface area contributed by atoms with E-state index in [-0.39, 0.29) is 0 Å². The van der Waals surface area contributed by atoms with E-state index in [4.69, 9.17) is 15.2 Å². The maximum absolute atomic E-state index is 11.4. The number of carbonyl (C=O) groups is 1. The molecule has 0 amide bonds. The normalized spacial score (nSPS) is 28.5. The maximum Gasteiger partial charge on any atom is 0.325 e. The van der Waals surface area contributed by atoms with Gasteiger partial charge < -0.3 is 19.9 Å². The Morgan fingerprint density at radius 1 is 1.53 bits per heavy atom. The molecule has 5 nitrogen and oxygen atoms in total. The Hall–Kier alpha value is -0.650. The summed E-state index contributed by atoms with van der Waals surface area (Å²) in [5.41, 5.74) is 5.14. The van der Waals surface area contributed by atoms with E-state index in [0.717, 1.165) is 19.3 Å². The highest BCUT2D eigenvalue weighted by molar-refractivity contribution is 5.77. The molecule has 0 aliphatic carbocycles. The van der Waals surface area contributed by atoms with Crippen molar-refractivity contribution in [3.8, 4) is 0 Å². The fourth-order valence-corrected chi connectivity index (χ4v) is 1.91. The molecular weight excluding hydrogens is 198 g/mol. The largest absolute Gasteiger partial charge is 0.468 e. The number of carbonyl (C=O) groups excluding carboxylic acids is 1. The summed E-state index contributed by atoms with van der Waals surface area (Å²) in [6, 6.07) is -0.775. The fourth-order valence-electron chi connectivity index (χ4n) is 1.91. The molecule has 0 radical (unpaired) electrons. The van der Waals surface area contributed by atoms with Crippen LogP contribution in [0.25, 0.3) is 0 Å². The van der Waals surface area contributed by atoms with Crippen LogP contribution in [-0.4, -0.2) is 45.0 Å². The number of hydrogen-bond acceptors (Lipinski definition) is 5. The van der Waals surface area contributed by atoms with Gasteiger partial charge in [0.05, 0.1) is 13.7 Å². The lowest BCUT2D eigenvalue weighted by Crippen LogP contribution is -2.58. The average Bonchev–Trinajstić information content (AvgIpc) is 2.28. The molecule has 1 aliphatic heterocycles. The third-order valence-electron chi connectivity index (χ3n) is 2.79. The third-order valence-corrected chi connectivity index (χ3v) is 2.79. The molecule has 88 valence electrons. The monoisotopic (exact) mass is 217 g/mol. The van der Waals surface area contributed by atoms with E-state index in [1.54, 1.807) is 7.11 Å². The van der Waals surface area contributed by atoms with Crippen LogP contribution in [0.15, 0.2) is 0 Å². The Morgan fingerprint density at radius 3 is 2.73 bits per heavy atom. The highest BCUT2D eigenvalue weighted by Crippen LogP contribution is 2.28. The summed E-state index contributed by atoms with van der Waals surface area (Å²) in [4.78, 5) is 11.4. The van der Waals surface area contributed by atoms with Gasteiger partial charge in [-0.15, -0.1) is 0 Å². The molecule has 1 heterocycles. The van der Waals surface area contributed by atoms with Gasteiger partial charge in [-0.1, -0.05) is 0 Å². The van der Waals surface area contributed by atoms with E-state index in [9.17, 15) is 4.79 Å². The SMILES string of the molecule is COCC1(C(N)C(=O)OC)CCCCO1. The molecule has 0 aromatic carbocycles. The van der Waals surface area contributed by atoms with Crippen molar-refractivity contribution in [1.82, 2.24) is 0 Å². The molecule has 1 saturated heterocycles. The highest BCUT2D eigenvalue weighted by Gasteiger charge is 2.44. The first-order valence-corrected chi connectivity index (χ1v) is 5.12. The Balaban J connectivity index is 2.74. The zero-order chi connectivity index (χ0) is 11.3. The van der Waals surface area contributed by atoms with Crippen molar-refractivity contribution >= 4 is 5.97 Å². The molecule has 1 rings (SSSR count). The van der Waals surface area contributed by atoms with Gasteiger partial charge in [-0.3, -0.25) is 4.79 Å². The molecule has 1 fully saturated rings. The number of ether oxygens (including phenoxy) is 3. The summed E-state index contributed by atoms with van der Waals surface area (Å²) in [6.07, 6.45) is 2.73. The second kappa shape index (κ2) is 5.44. The maximum atomic E-state index is 11.4. The molecule has 0 saturated carbocycles. The van der Waals surface area contributed by atoms with E-state index < -0.39 is 17.6 Å². The van der Waals surface area contributed by atoms with Crippen molar-refractivity contribution in [2.24, 2.45) is 5.73 Å². The first kappa shape index (κ1) is 12.4. The minimum atomic E-state index is -0.775. The summed E-state index contributed by atoms with van der Waals surface area (Å²) >= 11 is 0. The molecule has 0 aromatic heterocycles. The van der Waals surface area contributed by atoms with E-state index in [1.807, 2.05) is 0 Å². The summed E-state index contributed by atoms with van der Waals surface area (Å²) in [6.45, 7) is 0.942. The lowest BCUT2D eigenvalue weighted by atomic mass is 9.87. The molecule has 0 spiro atoms. The van der Waals surface area contributed by atoms with E-state index >= 15 is 0 Å². The summed E-state index contributed by atoms with van der Waals surface area (Å²) in [7, 11) is 2.90. The molecule has 0 aromatic rings. The van der Waals surface area contributed by atoms with E-state index in [0.29, 0.717) is 13.2 Å². The van der Waals surface area contributed by atoms with Crippen molar-refractivity contribution in [3.63, 3.8) is 0 Å². The number of hydrogen-bond donors (Lipinski definition) is 1. The fraction of sp³-hybridized carbons (Fsp3) is 0.900. The van der Waals surface area contributed by atoms with Crippen LogP contribution >= 0.6 is 0 Å². The summed E-state index contributed by atoms with van der Waals surface area (Å²) in [5, 5.41) is 0. The Morgan fingerprint density at radius 2 is 2.27 bits per heavy atom. The summed E-state index contributed by atoms with van der Waals surface area (Å²) in [5.74, 6) is -0.450. The van der Waals surface area contributed by atoms with Crippen LogP contribution in [-0.2, 0) is 19.0 Å². The first-order chi connectivity index (χ1) is 7.16. The first-order valence-electron chi connectivity index (χ1n) is 5.12. The zero-order valence-electron chi connectivity index (χ0n) is 9.32. The number of nitrogens with two attached hydrogens (primary N) is 1. The predicted octanol–water partition coefficient (Wildman–Crippen LogP) is 0.0724. The Kier molecular flexibility index (Phi) is 4.50. The predicted molar refractivity (Wildman–Crippen MR) is 54.4 cm³/mol. The van der Waals surface area contributed by atoms with Crippen molar-refractivity contribution < 1.29 is 19.0 Å². The van der Waals surface area contributed by atoms with Gasteiger partial charge in [0.2, 0.25) is 0 Å². The van der Waals surface area contributed by atoms with Crippen LogP contribution in [0, 0.1) is 0 Å². The number of esters is 1. The van der Waals surface area contributed by atoms with Gasteiger partial charge in [-0.2, -0.15) is 0 Å². The van der Waals surface area contributed by atoms with Crippen LogP contribution < -0.4 is 5.73 Å². The Bertz CT molecular complexity index is 208. The lowest BCUT2D eigenvalue weighted by molar-refractivity contribution is -0.165. The molecule has 15 heavy (non-hydrogen) atoms. The van der Waals surface area contributed by atoms with Gasteiger partial charge >= 0.3 is 5.97 Å². The van der Waals surface area contributed by atoms with Gasteiger partial charge in [0.15, 0.2) is 0 Å². The van der Waals surface area contributed by atoms with Crippen molar-refractivity contribution in [2.75, 3.05) is 27.4 Å². The number of rotatable bonds is 4. The van der Waals surface area contributed by atoms with E-state index in [2.05, 4.69) is 4.74 Å². The van der Waals surface area contributed by atoms with Gasteiger partial charge in [0.1, 0.15) is 11.6 Å². The molecule has 1 aliphatic rings. The minimum absolute atomic E-state index is 0.323. The lowest BCUT2D eigenvalue weighted by Gasteiger charge is -2.39. The third kappa shape index (κ3) is 2.68. The molecule has 5 heteroatoms. The van der Waals surface area contributed by atoms with Gasteiger partial charge in [-0.05, 0) is 19.3 Å². The molecule has 2 N–H and O–H groups in total. The second-order valence-electron chi connectivity index (χ2n) is 3.80. The van der Waals surface area contributed by atoms with Crippen LogP contribution in [0.4, 0.5) is 0 Å². The number of methoxy groups -OCH3 is 2. The average molecular weight is 217 g/mol. The van der Waals surface area contributed by atoms with Crippen LogP contribution in [0.2, 0.25) is 0 Å². The van der Waals surface area contributed by atoms with Crippen molar-refractivity contribution in [1.29, 1.82) is 0 Å².